The van der Waals surface area contributed by atoms with Gasteiger partial charge in [0, 0.05) is 26.8 Å². The first-order valence-corrected chi connectivity index (χ1v) is 7.95. The minimum absolute atomic E-state index is 0.0237. The van der Waals surface area contributed by atoms with Crippen LogP contribution in [0, 0.1) is 6.92 Å². The fourth-order valence-electron chi connectivity index (χ4n) is 2.40. The summed E-state index contributed by atoms with van der Waals surface area (Å²) in [7, 11) is 5.18. The molecule has 0 bridgehead atoms. The van der Waals surface area contributed by atoms with Gasteiger partial charge in [-0.15, -0.1) is 5.10 Å². The number of rotatable bonds is 4. The van der Waals surface area contributed by atoms with E-state index in [9.17, 15) is 9.59 Å². The van der Waals surface area contributed by atoms with Crippen LogP contribution in [0.5, 0.6) is 0 Å². The summed E-state index contributed by atoms with van der Waals surface area (Å²) in [5, 5.41) is 13.0. The number of nitrogens with zero attached hydrogens (tertiary/aromatic N) is 6. The first-order valence-electron chi connectivity index (χ1n) is 7.95. The molecule has 2 N–H and O–H groups in total. The van der Waals surface area contributed by atoms with E-state index < -0.39 is 0 Å². The van der Waals surface area contributed by atoms with Gasteiger partial charge in [-0.3, -0.25) is 10.1 Å². The van der Waals surface area contributed by atoms with E-state index in [2.05, 4.69) is 25.9 Å². The van der Waals surface area contributed by atoms with E-state index in [4.69, 9.17) is 0 Å². The normalized spacial score (nSPS) is 10.8. The molecule has 3 aromatic rings. The Balaban J connectivity index is 1.64. The zero-order valence-electron chi connectivity index (χ0n) is 15.0. The van der Waals surface area contributed by atoms with Gasteiger partial charge in [0.2, 0.25) is 5.91 Å². The number of anilines is 2. The number of hydrogen-bond donors (Lipinski definition) is 2. The van der Waals surface area contributed by atoms with E-state index in [0.29, 0.717) is 5.69 Å². The Morgan fingerprint density at radius 2 is 2.00 bits per heavy atom. The van der Waals surface area contributed by atoms with Crippen LogP contribution in [0.1, 0.15) is 5.82 Å². The maximum Gasteiger partial charge on any atom is 0.322 e. The molecule has 0 aliphatic heterocycles. The number of carbonyl (C=O) groups excluding carboxylic acids is 2. The molecule has 0 aliphatic rings. The molecule has 136 valence electrons. The van der Waals surface area contributed by atoms with E-state index in [1.54, 1.807) is 14.1 Å². The molecule has 26 heavy (non-hydrogen) atoms. The minimum atomic E-state index is -0.319. The van der Waals surface area contributed by atoms with Crippen LogP contribution >= 0.6 is 0 Å². The summed E-state index contributed by atoms with van der Waals surface area (Å²) in [6, 6.07) is 5.24. The Labute approximate surface area is 149 Å². The number of urea groups is 1. The summed E-state index contributed by atoms with van der Waals surface area (Å²) < 4.78 is 3.34. The molecular weight excluding hydrogens is 336 g/mol. The van der Waals surface area contributed by atoms with Crippen LogP contribution in [0.3, 0.4) is 0 Å². The lowest BCUT2D eigenvalue weighted by molar-refractivity contribution is -0.116. The molecule has 0 spiro atoms. The monoisotopic (exact) mass is 356 g/mol. The van der Waals surface area contributed by atoms with Crippen molar-refractivity contribution >= 4 is 34.5 Å². The highest BCUT2D eigenvalue weighted by Crippen LogP contribution is 2.19. The number of nitrogens with one attached hydrogen (secondary N) is 2. The third kappa shape index (κ3) is 3.63. The first kappa shape index (κ1) is 17.4. The molecule has 10 nitrogen and oxygen atoms in total. The lowest BCUT2D eigenvalue weighted by atomic mass is 10.2. The molecular formula is C16H20N8O2. The molecule has 2 heterocycles. The van der Waals surface area contributed by atoms with Crippen LogP contribution < -0.4 is 10.6 Å². The van der Waals surface area contributed by atoms with Gasteiger partial charge in [0.15, 0.2) is 5.82 Å². The van der Waals surface area contributed by atoms with E-state index in [1.807, 2.05) is 36.7 Å². The Hall–Kier alpha value is -3.43. The van der Waals surface area contributed by atoms with Gasteiger partial charge in [0.1, 0.15) is 12.4 Å². The molecule has 10 heteroatoms. The van der Waals surface area contributed by atoms with Gasteiger partial charge in [-0.2, -0.15) is 0 Å². The molecule has 0 aliphatic carbocycles. The number of aryl methyl sites for hydroxylation is 2. The van der Waals surface area contributed by atoms with Crippen molar-refractivity contribution in [2.45, 2.75) is 13.5 Å². The summed E-state index contributed by atoms with van der Waals surface area (Å²) in [4.78, 5) is 29.6. The van der Waals surface area contributed by atoms with E-state index in [-0.39, 0.29) is 24.3 Å². The van der Waals surface area contributed by atoms with E-state index >= 15 is 0 Å². The smallest absolute Gasteiger partial charge is 0.322 e. The Kier molecular flexibility index (Phi) is 4.57. The molecule has 0 unspecified atom stereocenters. The second-order valence-electron chi connectivity index (χ2n) is 6.10. The second-order valence-corrected chi connectivity index (χ2v) is 6.10. The maximum atomic E-state index is 12.2. The highest BCUT2D eigenvalue weighted by molar-refractivity contribution is 5.93. The van der Waals surface area contributed by atoms with E-state index in [1.165, 1.54) is 15.8 Å². The average molecular weight is 356 g/mol. The number of benzene rings is 1. The quantitative estimate of drug-likeness (QED) is 0.730. The zero-order chi connectivity index (χ0) is 18.8. The van der Waals surface area contributed by atoms with Crippen molar-refractivity contribution in [1.82, 2.24) is 29.4 Å². The first-order chi connectivity index (χ1) is 12.3. The molecule has 2 aromatic heterocycles. The Morgan fingerprint density at radius 1 is 1.23 bits per heavy atom. The molecule has 3 rings (SSSR count). The Bertz CT molecular complexity index is 972. The van der Waals surface area contributed by atoms with Gasteiger partial charge in [0.25, 0.3) is 0 Å². The third-order valence-electron chi connectivity index (χ3n) is 3.87. The van der Waals surface area contributed by atoms with E-state index in [0.717, 1.165) is 16.9 Å². The summed E-state index contributed by atoms with van der Waals surface area (Å²) in [5.74, 6) is 0.924. The second kappa shape index (κ2) is 6.82. The van der Waals surface area contributed by atoms with Gasteiger partial charge in [-0.1, -0.05) is 5.21 Å². The van der Waals surface area contributed by atoms with Gasteiger partial charge in [-0.25, -0.2) is 14.5 Å². The van der Waals surface area contributed by atoms with Crippen LogP contribution in [-0.2, 0) is 18.4 Å². The van der Waals surface area contributed by atoms with Crippen molar-refractivity contribution in [3.63, 3.8) is 0 Å². The molecule has 0 saturated carbocycles. The number of carbonyl (C=O) groups is 2. The minimum Gasteiger partial charge on any atom is -0.331 e. The molecule has 0 fully saturated rings. The van der Waals surface area contributed by atoms with Crippen molar-refractivity contribution in [2.75, 3.05) is 24.7 Å². The number of hydrogen-bond acceptors (Lipinski definition) is 5. The summed E-state index contributed by atoms with van der Waals surface area (Å²) >= 11 is 0. The lowest BCUT2D eigenvalue weighted by Crippen LogP contribution is -2.27. The van der Waals surface area contributed by atoms with Crippen molar-refractivity contribution in [3.05, 3.63) is 30.2 Å². The predicted molar refractivity (Wildman–Crippen MR) is 96.8 cm³/mol. The highest BCUT2D eigenvalue weighted by atomic mass is 16.2. The number of fused-ring (bicyclic) bond motifs is 1. The standard InChI is InChI=1S/C16H20N8O2/c1-10-17-12-7-11(5-6-13(12)23(10)4)18-15(25)9-24-8-14(20-21-24)19-16(26)22(2)3/h5-8H,9H2,1-4H3,(H,18,25)(H,19,26). The van der Waals surface area contributed by atoms with Crippen molar-refractivity contribution in [2.24, 2.45) is 7.05 Å². The third-order valence-corrected chi connectivity index (χ3v) is 3.87. The highest BCUT2D eigenvalue weighted by Gasteiger charge is 2.11. The molecule has 3 amide bonds. The molecule has 0 radical (unpaired) electrons. The van der Waals surface area contributed by atoms with Gasteiger partial charge < -0.3 is 14.8 Å². The topological polar surface area (TPSA) is 110 Å². The summed E-state index contributed by atoms with van der Waals surface area (Å²) in [5.41, 5.74) is 2.47. The number of amides is 3. The summed E-state index contributed by atoms with van der Waals surface area (Å²) in [6.07, 6.45) is 1.49. The number of imidazole rings is 1. The zero-order valence-corrected chi connectivity index (χ0v) is 15.0. The van der Waals surface area contributed by atoms with Crippen LogP contribution in [0.4, 0.5) is 16.3 Å². The van der Waals surface area contributed by atoms with Crippen LogP contribution in [0.15, 0.2) is 24.4 Å². The predicted octanol–water partition coefficient (Wildman–Crippen LogP) is 1.21. The molecule has 1 aromatic carbocycles. The van der Waals surface area contributed by atoms with Crippen molar-refractivity contribution in [3.8, 4) is 0 Å². The fraction of sp³-hybridized carbons (Fsp3) is 0.312. The fourth-order valence-corrected chi connectivity index (χ4v) is 2.40. The van der Waals surface area contributed by atoms with Crippen molar-refractivity contribution in [1.29, 1.82) is 0 Å². The van der Waals surface area contributed by atoms with Crippen LogP contribution in [-0.4, -0.2) is 55.5 Å². The van der Waals surface area contributed by atoms with Crippen LogP contribution in [0.2, 0.25) is 0 Å². The Morgan fingerprint density at radius 3 is 2.73 bits per heavy atom. The van der Waals surface area contributed by atoms with Gasteiger partial charge in [-0.05, 0) is 25.1 Å². The van der Waals surface area contributed by atoms with Gasteiger partial charge in [0.05, 0.1) is 17.2 Å². The van der Waals surface area contributed by atoms with Crippen molar-refractivity contribution < 1.29 is 9.59 Å². The maximum absolute atomic E-state index is 12.2. The average Bonchev–Trinajstić information content (AvgIpc) is 3.11. The van der Waals surface area contributed by atoms with Crippen LogP contribution in [0.25, 0.3) is 11.0 Å². The SMILES string of the molecule is Cc1nc2cc(NC(=O)Cn3cc(NC(=O)N(C)C)nn3)ccc2n1C. The molecule has 0 atom stereocenters. The summed E-state index contributed by atoms with van der Waals surface area (Å²) in [6.45, 7) is 1.90. The number of aromatic nitrogens is 5. The van der Waals surface area contributed by atoms with Gasteiger partial charge >= 0.3 is 6.03 Å². The lowest BCUT2D eigenvalue weighted by Gasteiger charge is -2.09. The largest absolute Gasteiger partial charge is 0.331 e. The molecule has 0 saturated heterocycles.